The normalized spacial score (nSPS) is 30.3. The molecule has 1 saturated carbocycles. The summed E-state index contributed by atoms with van der Waals surface area (Å²) in [5.41, 5.74) is 0.832. The lowest BCUT2D eigenvalue weighted by Gasteiger charge is -2.31. The third kappa shape index (κ3) is 3.79. The van der Waals surface area contributed by atoms with Gasteiger partial charge in [-0.25, -0.2) is 9.78 Å². The highest BCUT2D eigenvalue weighted by Gasteiger charge is 2.42. The lowest BCUT2D eigenvalue weighted by molar-refractivity contribution is -0.0372. The summed E-state index contributed by atoms with van der Waals surface area (Å²) in [6.45, 7) is 3.71. The summed E-state index contributed by atoms with van der Waals surface area (Å²) in [7, 11) is 0. The number of hydrogen-bond acceptors (Lipinski definition) is 5. The van der Waals surface area contributed by atoms with Crippen molar-refractivity contribution >= 4 is 29.0 Å². The molecule has 6 nitrogen and oxygen atoms in total. The molecule has 0 spiro atoms. The molecule has 2 fully saturated rings. The van der Waals surface area contributed by atoms with Crippen molar-refractivity contribution in [3.8, 4) is 0 Å². The second kappa shape index (κ2) is 6.93. The molecule has 0 radical (unpaired) electrons. The molecule has 8 heteroatoms. The third-order valence-corrected chi connectivity index (χ3v) is 6.31. The second-order valence-corrected chi connectivity index (χ2v) is 8.17. The second-order valence-electron chi connectivity index (χ2n) is 6.48. The molecular weight excluding hydrogens is 338 g/mol. The van der Waals surface area contributed by atoms with Gasteiger partial charge in [-0.15, -0.1) is 11.3 Å². The van der Waals surface area contributed by atoms with Crippen LogP contribution < -0.4 is 5.32 Å². The van der Waals surface area contributed by atoms with Crippen LogP contribution in [0.3, 0.4) is 0 Å². The first kappa shape index (κ1) is 17.0. The molecule has 1 saturated heterocycles. The molecule has 2 amide bonds. The first-order valence-electron chi connectivity index (χ1n) is 7.94. The molecule has 0 unspecified atom stereocenters. The van der Waals surface area contributed by atoms with Crippen LogP contribution in [0.4, 0.5) is 4.79 Å². The smallest absolute Gasteiger partial charge is 0.317 e. The van der Waals surface area contributed by atoms with Crippen molar-refractivity contribution in [1.29, 1.82) is 0 Å². The highest BCUT2D eigenvalue weighted by atomic mass is 35.5. The first-order valence-corrected chi connectivity index (χ1v) is 9.14. The van der Waals surface area contributed by atoms with Crippen LogP contribution in [0.25, 0.3) is 0 Å². The van der Waals surface area contributed by atoms with Gasteiger partial charge in [-0.2, -0.15) is 0 Å². The Kier molecular flexibility index (Phi) is 5.10. The minimum absolute atomic E-state index is 0.0808. The van der Waals surface area contributed by atoms with Crippen LogP contribution in [-0.4, -0.2) is 58.0 Å². The number of rotatable bonds is 3. The quantitative estimate of drug-likeness (QED) is 0.762. The summed E-state index contributed by atoms with van der Waals surface area (Å²) in [5.74, 6) is 0.583. The Morgan fingerprint density at radius 3 is 2.48 bits per heavy atom. The molecule has 2 heterocycles. The number of carbonyl (C=O) groups excluding carboxylic acids is 1. The number of halogens is 1. The van der Waals surface area contributed by atoms with E-state index in [0.717, 1.165) is 10.7 Å². The van der Waals surface area contributed by atoms with Crippen LogP contribution in [0.5, 0.6) is 0 Å². The van der Waals surface area contributed by atoms with Crippen LogP contribution in [0.2, 0.25) is 4.34 Å². The number of carbonyl (C=O) groups is 1. The predicted octanol–water partition coefficient (Wildman–Crippen LogP) is 1.42. The number of aliphatic hydroxyl groups excluding tert-OH is 2. The molecular formula is C15H22ClN3O3S. The maximum Gasteiger partial charge on any atom is 0.317 e. The van der Waals surface area contributed by atoms with E-state index in [2.05, 4.69) is 10.3 Å². The Hall–Kier alpha value is -0.890. The van der Waals surface area contributed by atoms with E-state index in [0.29, 0.717) is 55.1 Å². The van der Waals surface area contributed by atoms with Crippen LogP contribution in [0.15, 0.2) is 0 Å². The Balaban J connectivity index is 1.46. The number of hydrogen-bond donors (Lipinski definition) is 3. The molecule has 0 aromatic carbocycles. The Bertz CT molecular complexity index is 545. The fourth-order valence-corrected chi connectivity index (χ4v) is 4.60. The average molecular weight is 360 g/mol. The number of nitrogens with zero attached hydrogens (tertiary/aromatic N) is 2. The van der Waals surface area contributed by atoms with Gasteiger partial charge in [-0.1, -0.05) is 11.6 Å². The molecule has 2 aliphatic rings. The fourth-order valence-electron chi connectivity index (χ4n) is 3.50. The van der Waals surface area contributed by atoms with E-state index < -0.39 is 12.2 Å². The van der Waals surface area contributed by atoms with Gasteiger partial charge >= 0.3 is 6.03 Å². The Morgan fingerprint density at radius 1 is 1.35 bits per heavy atom. The van der Waals surface area contributed by atoms with Crippen molar-refractivity contribution in [1.82, 2.24) is 15.2 Å². The van der Waals surface area contributed by atoms with Crippen LogP contribution in [0, 0.1) is 18.8 Å². The number of aromatic nitrogens is 1. The van der Waals surface area contributed by atoms with Gasteiger partial charge in [-0.3, -0.25) is 0 Å². The van der Waals surface area contributed by atoms with Crippen molar-refractivity contribution in [2.24, 2.45) is 11.8 Å². The van der Waals surface area contributed by atoms with Gasteiger partial charge in [0, 0.05) is 26.1 Å². The number of urea groups is 1. The van der Waals surface area contributed by atoms with E-state index in [-0.39, 0.29) is 6.03 Å². The molecule has 1 aromatic heterocycles. The zero-order valence-corrected chi connectivity index (χ0v) is 14.6. The number of amides is 2. The van der Waals surface area contributed by atoms with Gasteiger partial charge in [0.2, 0.25) is 0 Å². The lowest BCUT2D eigenvalue weighted by Crippen LogP contribution is -2.39. The Labute approximate surface area is 144 Å². The summed E-state index contributed by atoms with van der Waals surface area (Å²) in [6.07, 6.45) is 0.510. The molecule has 23 heavy (non-hydrogen) atoms. The van der Waals surface area contributed by atoms with Crippen LogP contribution >= 0.6 is 22.9 Å². The number of thiazole rings is 1. The lowest BCUT2D eigenvalue weighted by atomic mass is 9.79. The molecule has 3 rings (SSSR count). The number of aliphatic hydroxyl groups is 2. The summed E-state index contributed by atoms with van der Waals surface area (Å²) >= 11 is 7.44. The van der Waals surface area contributed by atoms with Crippen molar-refractivity contribution in [3.05, 3.63) is 15.0 Å². The first-order chi connectivity index (χ1) is 10.9. The predicted molar refractivity (Wildman–Crippen MR) is 88.8 cm³/mol. The van der Waals surface area contributed by atoms with Gasteiger partial charge in [-0.05, 0) is 31.6 Å². The zero-order valence-electron chi connectivity index (χ0n) is 13.0. The van der Waals surface area contributed by atoms with Crippen molar-refractivity contribution in [2.45, 2.75) is 38.4 Å². The summed E-state index contributed by atoms with van der Waals surface area (Å²) in [6, 6.07) is -0.0808. The van der Waals surface area contributed by atoms with Gasteiger partial charge in [0.05, 0.1) is 22.9 Å². The Morgan fingerprint density at radius 2 is 1.96 bits per heavy atom. The average Bonchev–Trinajstić information content (AvgIpc) is 3.03. The maximum atomic E-state index is 12.3. The summed E-state index contributed by atoms with van der Waals surface area (Å²) in [5, 5.41) is 23.4. The van der Waals surface area contributed by atoms with E-state index in [1.54, 1.807) is 4.90 Å². The third-order valence-electron chi connectivity index (χ3n) is 4.80. The summed E-state index contributed by atoms with van der Waals surface area (Å²) < 4.78 is 0.701. The van der Waals surface area contributed by atoms with Gasteiger partial charge in [0.15, 0.2) is 0 Å². The highest BCUT2D eigenvalue weighted by Crippen LogP contribution is 2.36. The fraction of sp³-hybridized carbons (Fsp3) is 0.733. The topological polar surface area (TPSA) is 85.7 Å². The minimum Gasteiger partial charge on any atom is -0.390 e. The van der Waals surface area contributed by atoms with Crippen molar-refractivity contribution in [2.75, 3.05) is 19.6 Å². The molecule has 128 valence electrons. The van der Waals surface area contributed by atoms with Gasteiger partial charge in [0.25, 0.3) is 0 Å². The molecule has 1 aliphatic heterocycles. The number of likely N-dealkylation sites (tertiary alicyclic amines) is 1. The number of aryl methyl sites for hydroxylation is 1. The zero-order chi connectivity index (χ0) is 16.6. The monoisotopic (exact) mass is 359 g/mol. The number of fused-ring (bicyclic) bond motifs is 1. The van der Waals surface area contributed by atoms with E-state index in [1.807, 2.05) is 6.92 Å². The number of nitrogens with one attached hydrogen (secondary N) is 1. The van der Waals surface area contributed by atoms with E-state index in [4.69, 9.17) is 11.6 Å². The standard InChI is InChI=1S/C15H22ClN3O3S/c1-8-14(16)23-13(18-8)2-3-17-15(22)19-6-9-4-11(20)12(21)5-10(9)7-19/h9-12,20-21H,2-7H2,1H3,(H,17,22)/t9-,10+,11-,12-/m0/s1. The van der Waals surface area contributed by atoms with Gasteiger partial charge < -0.3 is 20.4 Å². The van der Waals surface area contributed by atoms with E-state index in [9.17, 15) is 15.0 Å². The molecule has 1 aromatic rings. The molecule has 0 bridgehead atoms. The maximum absolute atomic E-state index is 12.3. The minimum atomic E-state index is -0.655. The largest absolute Gasteiger partial charge is 0.390 e. The van der Waals surface area contributed by atoms with Gasteiger partial charge in [0.1, 0.15) is 4.34 Å². The SMILES string of the molecule is Cc1nc(CCNC(=O)N2C[C@H]3C[C@H](O)[C@@H](O)C[C@H]3C2)sc1Cl. The molecule has 1 aliphatic carbocycles. The molecule has 4 atom stereocenters. The summed E-state index contributed by atoms with van der Waals surface area (Å²) in [4.78, 5) is 18.4. The highest BCUT2D eigenvalue weighted by molar-refractivity contribution is 7.16. The van der Waals surface area contributed by atoms with Crippen LogP contribution in [-0.2, 0) is 6.42 Å². The van der Waals surface area contributed by atoms with E-state index >= 15 is 0 Å². The molecule has 3 N–H and O–H groups in total. The van der Waals surface area contributed by atoms with Crippen molar-refractivity contribution < 1.29 is 15.0 Å². The van der Waals surface area contributed by atoms with Crippen LogP contribution in [0.1, 0.15) is 23.5 Å². The van der Waals surface area contributed by atoms with Crippen molar-refractivity contribution in [3.63, 3.8) is 0 Å². The van der Waals surface area contributed by atoms with E-state index in [1.165, 1.54) is 11.3 Å².